The minimum absolute atomic E-state index is 0.189. The zero-order valence-corrected chi connectivity index (χ0v) is 21.7. The van der Waals surface area contributed by atoms with Crippen LogP contribution >= 0.6 is 0 Å². The Morgan fingerprint density at radius 2 is 1.74 bits per heavy atom. The van der Waals surface area contributed by atoms with E-state index in [2.05, 4.69) is 32.3 Å². The standard InChI is InChI=1S/C29H33FN4O4/c1-3-36-25-15-19(16-26(37-4-2)27(25)20-5-7-21(30)8-6-20)17-34-13-10-22(11-14-34)32-29-33-23-9-12-31-24(18-35)28(23)38-29/h5-9,12,15-16,22,35H,3-4,10-11,13-14,17-18H2,1-2H3,(H,32,33). The fourth-order valence-electron chi connectivity index (χ4n) is 4.93. The SMILES string of the molecule is CCOc1cc(CN2CCC(Nc3nc4ccnc(CO)c4o3)CC2)cc(OCC)c1-c1ccc(F)cc1. The summed E-state index contributed by atoms with van der Waals surface area (Å²) in [5.41, 5.74) is 4.51. The van der Waals surface area contributed by atoms with E-state index in [9.17, 15) is 9.50 Å². The highest BCUT2D eigenvalue weighted by Crippen LogP contribution is 2.40. The van der Waals surface area contributed by atoms with Gasteiger partial charge in [0.05, 0.1) is 25.4 Å². The van der Waals surface area contributed by atoms with Gasteiger partial charge in [-0.1, -0.05) is 12.1 Å². The number of anilines is 1. The molecule has 1 saturated heterocycles. The van der Waals surface area contributed by atoms with E-state index in [-0.39, 0.29) is 18.5 Å². The quantitative estimate of drug-likeness (QED) is 0.287. The molecule has 3 heterocycles. The monoisotopic (exact) mass is 520 g/mol. The number of halogens is 1. The molecule has 1 aliphatic rings. The van der Waals surface area contributed by atoms with Crippen LogP contribution in [0.1, 0.15) is 37.9 Å². The molecule has 1 aliphatic heterocycles. The van der Waals surface area contributed by atoms with Crippen LogP contribution in [0.5, 0.6) is 11.5 Å². The summed E-state index contributed by atoms with van der Waals surface area (Å²) in [6.45, 7) is 7.35. The fraction of sp³-hybridized carbons (Fsp3) is 0.379. The first-order chi connectivity index (χ1) is 18.6. The van der Waals surface area contributed by atoms with Gasteiger partial charge in [0.25, 0.3) is 6.01 Å². The average molecular weight is 521 g/mol. The Hall–Kier alpha value is -3.69. The van der Waals surface area contributed by atoms with E-state index in [1.807, 2.05) is 13.8 Å². The normalized spacial score (nSPS) is 14.6. The lowest BCUT2D eigenvalue weighted by Gasteiger charge is -2.32. The number of benzene rings is 2. The van der Waals surface area contributed by atoms with Crippen molar-refractivity contribution < 1.29 is 23.4 Å². The molecule has 0 atom stereocenters. The number of ether oxygens (including phenoxy) is 2. The van der Waals surface area contributed by atoms with Crippen molar-refractivity contribution >= 4 is 17.1 Å². The number of aliphatic hydroxyl groups is 1. The lowest BCUT2D eigenvalue weighted by molar-refractivity contribution is 0.209. The smallest absolute Gasteiger partial charge is 0.295 e. The van der Waals surface area contributed by atoms with Crippen LogP contribution in [0.2, 0.25) is 0 Å². The Kier molecular flexibility index (Phi) is 8.05. The summed E-state index contributed by atoms with van der Waals surface area (Å²) >= 11 is 0. The Labute approximate surface area is 221 Å². The van der Waals surface area contributed by atoms with E-state index in [0.29, 0.717) is 36.0 Å². The van der Waals surface area contributed by atoms with E-state index in [1.165, 1.54) is 12.1 Å². The van der Waals surface area contributed by atoms with Gasteiger partial charge in [-0.3, -0.25) is 9.88 Å². The van der Waals surface area contributed by atoms with Crippen LogP contribution in [0.15, 0.2) is 53.1 Å². The minimum Gasteiger partial charge on any atom is -0.493 e. The molecular formula is C29H33FN4O4. The van der Waals surface area contributed by atoms with Crippen molar-refractivity contribution in [3.63, 3.8) is 0 Å². The van der Waals surface area contributed by atoms with Crippen LogP contribution in [0, 0.1) is 5.82 Å². The molecule has 200 valence electrons. The number of fused-ring (bicyclic) bond motifs is 1. The molecule has 0 amide bonds. The van der Waals surface area contributed by atoms with Crippen LogP contribution in [-0.4, -0.2) is 52.3 Å². The van der Waals surface area contributed by atoms with Crippen molar-refractivity contribution in [1.29, 1.82) is 0 Å². The van der Waals surface area contributed by atoms with E-state index < -0.39 is 0 Å². The number of hydrogen-bond acceptors (Lipinski definition) is 8. The summed E-state index contributed by atoms with van der Waals surface area (Å²) in [7, 11) is 0. The van der Waals surface area contributed by atoms with Crippen LogP contribution in [0.4, 0.5) is 10.4 Å². The Morgan fingerprint density at radius 3 is 2.37 bits per heavy atom. The second-order valence-corrected chi connectivity index (χ2v) is 9.32. The zero-order chi connectivity index (χ0) is 26.5. The summed E-state index contributed by atoms with van der Waals surface area (Å²) in [5.74, 6) is 1.20. The van der Waals surface area contributed by atoms with Crippen molar-refractivity contribution in [3.8, 4) is 22.6 Å². The number of nitrogens with zero attached hydrogens (tertiary/aromatic N) is 3. The topological polar surface area (TPSA) is 92.9 Å². The third kappa shape index (κ3) is 5.74. The number of nitrogens with one attached hydrogen (secondary N) is 1. The zero-order valence-electron chi connectivity index (χ0n) is 21.7. The van der Waals surface area contributed by atoms with Crippen LogP contribution in [-0.2, 0) is 13.2 Å². The third-order valence-electron chi connectivity index (χ3n) is 6.71. The molecule has 0 aliphatic carbocycles. The third-order valence-corrected chi connectivity index (χ3v) is 6.71. The van der Waals surface area contributed by atoms with Gasteiger partial charge in [-0.05, 0) is 68.1 Å². The van der Waals surface area contributed by atoms with Crippen LogP contribution in [0.3, 0.4) is 0 Å². The molecule has 5 rings (SSSR count). The minimum atomic E-state index is -0.276. The maximum Gasteiger partial charge on any atom is 0.295 e. The number of pyridine rings is 1. The predicted octanol–water partition coefficient (Wildman–Crippen LogP) is 5.40. The van der Waals surface area contributed by atoms with E-state index in [0.717, 1.165) is 60.7 Å². The molecule has 0 saturated carbocycles. The summed E-state index contributed by atoms with van der Waals surface area (Å²) < 4.78 is 31.4. The highest BCUT2D eigenvalue weighted by atomic mass is 19.1. The molecule has 4 aromatic rings. The molecular weight excluding hydrogens is 487 g/mol. The molecule has 9 heteroatoms. The summed E-state index contributed by atoms with van der Waals surface area (Å²) in [5, 5.41) is 12.9. The number of rotatable bonds is 10. The molecule has 0 radical (unpaired) electrons. The Balaban J connectivity index is 1.27. The molecule has 2 aromatic heterocycles. The van der Waals surface area contributed by atoms with Gasteiger partial charge < -0.3 is 24.3 Å². The number of oxazole rings is 1. The van der Waals surface area contributed by atoms with Crippen molar-refractivity contribution in [2.24, 2.45) is 0 Å². The maximum absolute atomic E-state index is 13.6. The van der Waals surface area contributed by atoms with Crippen molar-refractivity contribution in [2.75, 3.05) is 31.6 Å². The van der Waals surface area contributed by atoms with E-state index in [1.54, 1.807) is 24.4 Å². The lowest BCUT2D eigenvalue weighted by Crippen LogP contribution is -2.38. The molecule has 0 bridgehead atoms. The van der Waals surface area contributed by atoms with Gasteiger partial charge in [-0.15, -0.1) is 0 Å². The maximum atomic E-state index is 13.6. The summed E-state index contributed by atoms with van der Waals surface area (Å²) in [6.07, 6.45) is 3.50. The molecule has 1 fully saturated rings. The van der Waals surface area contributed by atoms with Gasteiger partial charge in [-0.25, -0.2) is 4.39 Å². The van der Waals surface area contributed by atoms with Gasteiger partial charge in [0, 0.05) is 31.9 Å². The van der Waals surface area contributed by atoms with Gasteiger partial charge in [0.2, 0.25) is 0 Å². The van der Waals surface area contributed by atoms with Gasteiger partial charge >= 0.3 is 0 Å². The molecule has 8 nitrogen and oxygen atoms in total. The fourth-order valence-corrected chi connectivity index (χ4v) is 4.93. The predicted molar refractivity (Wildman–Crippen MR) is 144 cm³/mol. The largest absolute Gasteiger partial charge is 0.493 e. The number of aliphatic hydroxyl groups excluding tert-OH is 1. The number of likely N-dealkylation sites (tertiary alicyclic amines) is 1. The second-order valence-electron chi connectivity index (χ2n) is 9.32. The molecule has 2 N–H and O–H groups in total. The molecule has 0 unspecified atom stereocenters. The van der Waals surface area contributed by atoms with Crippen molar-refractivity contribution in [2.45, 2.75) is 45.9 Å². The van der Waals surface area contributed by atoms with Crippen LogP contribution < -0.4 is 14.8 Å². The highest BCUT2D eigenvalue weighted by Gasteiger charge is 2.23. The second kappa shape index (κ2) is 11.8. The Morgan fingerprint density at radius 1 is 1.05 bits per heavy atom. The highest BCUT2D eigenvalue weighted by molar-refractivity contribution is 5.78. The summed E-state index contributed by atoms with van der Waals surface area (Å²) in [4.78, 5) is 11.1. The van der Waals surface area contributed by atoms with E-state index >= 15 is 0 Å². The summed E-state index contributed by atoms with van der Waals surface area (Å²) in [6, 6.07) is 13.0. The lowest BCUT2D eigenvalue weighted by atomic mass is 9.99. The van der Waals surface area contributed by atoms with Crippen LogP contribution in [0.25, 0.3) is 22.2 Å². The first kappa shape index (κ1) is 25.9. The number of piperidine rings is 1. The molecule has 2 aromatic carbocycles. The van der Waals surface area contributed by atoms with E-state index in [4.69, 9.17) is 13.9 Å². The van der Waals surface area contributed by atoms with Crippen molar-refractivity contribution in [1.82, 2.24) is 14.9 Å². The molecule has 38 heavy (non-hydrogen) atoms. The average Bonchev–Trinajstić information content (AvgIpc) is 3.33. The first-order valence-corrected chi connectivity index (χ1v) is 13.1. The van der Waals surface area contributed by atoms with Crippen molar-refractivity contribution in [3.05, 3.63) is 65.7 Å². The van der Waals surface area contributed by atoms with Gasteiger partial charge in [0.15, 0.2) is 5.58 Å². The number of aromatic nitrogens is 2. The van der Waals surface area contributed by atoms with Gasteiger partial charge in [0.1, 0.15) is 28.5 Å². The first-order valence-electron chi connectivity index (χ1n) is 13.1. The molecule has 0 spiro atoms. The van der Waals surface area contributed by atoms with Gasteiger partial charge in [-0.2, -0.15) is 4.98 Å². The number of hydrogen-bond donors (Lipinski definition) is 2. The Bertz CT molecular complexity index is 1340.